The summed E-state index contributed by atoms with van der Waals surface area (Å²) in [4.78, 5) is 24.1. The largest absolute Gasteiger partial charge is 0.449 e. The Morgan fingerprint density at radius 3 is 2.48 bits per heavy atom. The monoisotopic (exact) mass is 345 g/mol. The van der Waals surface area contributed by atoms with Gasteiger partial charge in [-0.15, -0.1) is 0 Å². The predicted octanol–water partition coefficient (Wildman–Crippen LogP) is 3.64. The highest BCUT2D eigenvalue weighted by Gasteiger charge is 2.24. The smallest absolute Gasteiger partial charge is 0.344 e. The van der Waals surface area contributed by atoms with Crippen LogP contribution < -0.4 is 5.32 Å². The molecule has 0 spiro atoms. The van der Waals surface area contributed by atoms with Crippen LogP contribution in [-0.4, -0.2) is 18.0 Å². The molecule has 0 aromatic heterocycles. The quantitative estimate of drug-likeness (QED) is 0.861. The summed E-state index contributed by atoms with van der Waals surface area (Å²) in [5.41, 5.74) is 2.26. The lowest BCUT2D eigenvalue weighted by atomic mass is 10.1. The summed E-state index contributed by atoms with van der Waals surface area (Å²) >= 11 is 0. The Hall–Kier alpha value is -2.76. The first kappa shape index (κ1) is 17.1. The van der Waals surface area contributed by atoms with Crippen molar-refractivity contribution >= 4 is 17.6 Å². The first-order valence-electron chi connectivity index (χ1n) is 8.03. The van der Waals surface area contributed by atoms with Gasteiger partial charge in [-0.3, -0.25) is 4.79 Å². The van der Waals surface area contributed by atoms with Crippen LogP contribution in [0.5, 0.6) is 0 Å². The number of carbonyl (C=O) groups excluding carboxylic acids is 2. The summed E-state index contributed by atoms with van der Waals surface area (Å²) in [5, 5.41) is 2.65. The average molecular weight is 345 g/mol. The fraction of sp³-hybridized carbons (Fsp3) is 0.263. The molecule has 2 aromatic rings. The molecule has 1 amide bonds. The molecule has 1 aliphatic rings. The fourth-order valence-corrected chi connectivity index (χ4v) is 2.86. The Labute approximate surface area is 143 Å². The number of halogens is 2. The van der Waals surface area contributed by atoms with Gasteiger partial charge in [0, 0.05) is 5.69 Å². The molecule has 0 radical (unpaired) electrons. The van der Waals surface area contributed by atoms with Crippen molar-refractivity contribution in [2.75, 3.05) is 5.32 Å². The zero-order valence-electron chi connectivity index (χ0n) is 13.6. The number of carbonyl (C=O) groups is 2. The molecule has 0 saturated carbocycles. The molecule has 0 heterocycles. The Balaban J connectivity index is 1.65. The molecule has 0 bridgehead atoms. The van der Waals surface area contributed by atoms with E-state index in [1.165, 1.54) is 18.1 Å². The van der Waals surface area contributed by atoms with E-state index >= 15 is 0 Å². The van der Waals surface area contributed by atoms with Gasteiger partial charge in [-0.05, 0) is 61.6 Å². The van der Waals surface area contributed by atoms with E-state index in [1.807, 2.05) is 12.1 Å². The Bertz CT molecular complexity index is 815. The van der Waals surface area contributed by atoms with Crippen LogP contribution in [0.4, 0.5) is 14.5 Å². The third kappa shape index (κ3) is 3.68. The van der Waals surface area contributed by atoms with Gasteiger partial charge in [-0.25, -0.2) is 13.6 Å². The van der Waals surface area contributed by atoms with Crippen molar-refractivity contribution in [1.29, 1.82) is 0 Å². The van der Waals surface area contributed by atoms with Crippen molar-refractivity contribution in [2.45, 2.75) is 32.3 Å². The van der Waals surface area contributed by atoms with Crippen LogP contribution >= 0.6 is 0 Å². The first-order chi connectivity index (χ1) is 12.0. The third-order valence-corrected chi connectivity index (χ3v) is 4.19. The van der Waals surface area contributed by atoms with E-state index in [1.54, 1.807) is 6.07 Å². The van der Waals surface area contributed by atoms with Crippen LogP contribution in [0, 0.1) is 11.6 Å². The van der Waals surface area contributed by atoms with Crippen molar-refractivity contribution in [3.8, 4) is 0 Å². The molecular weight excluding hydrogens is 328 g/mol. The average Bonchev–Trinajstić information content (AvgIpc) is 3.02. The van der Waals surface area contributed by atoms with E-state index in [4.69, 9.17) is 4.74 Å². The van der Waals surface area contributed by atoms with Gasteiger partial charge in [0.05, 0.1) is 0 Å². The lowest BCUT2D eigenvalue weighted by Crippen LogP contribution is -2.30. The molecule has 3 rings (SSSR count). The van der Waals surface area contributed by atoms with Crippen molar-refractivity contribution in [3.63, 3.8) is 0 Å². The molecule has 6 heteroatoms. The van der Waals surface area contributed by atoms with Crippen molar-refractivity contribution in [2.24, 2.45) is 0 Å². The summed E-state index contributed by atoms with van der Waals surface area (Å²) in [6, 6.07) is 8.69. The molecule has 130 valence electrons. The van der Waals surface area contributed by atoms with Crippen molar-refractivity contribution < 1.29 is 23.1 Å². The van der Waals surface area contributed by atoms with E-state index in [2.05, 4.69) is 5.32 Å². The second-order valence-corrected chi connectivity index (χ2v) is 5.97. The van der Waals surface area contributed by atoms with Gasteiger partial charge in [0.1, 0.15) is 17.2 Å². The van der Waals surface area contributed by atoms with E-state index in [0.29, 0.717) is 5.69 Å². The molecule has 4 nitrogen and oxygen atoms in total. The number of benzene rings is 2. The number of hydrogen-bond acceptors (Lipinski definition) is 3. The molecule has 1 aliphatic carbocycles. The highest BCUT2D eigenvalue weighted by Crippen LogP contribution is 2.25. The van der Waals surface area contributed by atoms with E-state index in [9.17, 15) is 18.4 Å². The van der Waals surface area contributed by atoms with Gasteiger partial charge in [-0.2, -0.15) is 0 Å². The standard InChI is InChI=1S/C19H17F2NO3/c1-11(25-19(24)17-15(20)6-3-7-16(17)21)18(23)22-14-9-8-12-4-2-5-13(12)10-14/h3,6-11H,2,4-5H2,1H3,(H,22,23)/t11-/m1/s1. The van der Waals surface area contributed by atoms with Gasteiger partial charge < -0.3 is 10.1 Å². The first-order valence-corrected chi connectivity index (χ1v) is 8.03. The van der Waals surface area contributed by atoms with Crippen LogP contribution in [0.15, 0.2) is 36.4 Å². The van der Waals surface area contributed by atoms with Gasteiger partial charge in [-0.1, -0.05) is 12.1 Å². The zero-order chi connectivity index (χ0) is 18.0. The molecule has 0 fully saturated rings. The molecule has 1 atom stereocenters. The summed E-state index contributed by atoms with van der Waals surface area (Å²) in [6.07, 6.45) is 1.90. The van der Waals surface area contributed by atoms with Gasteiger partial charge in [0.25, 0.3) is 5.91 Å². The summed E-state index contributed by atoms with van der Waals surface area (Å²) in [5.74, 6) is -3.84. The molecule has 0 aliphatic heterocycles. The van der Waals surface area contributed by atoms with E-state index in [0.717, 1.165) is 37.5 Å². The Morgan fingerprint density at radius 2 is 1.76 bits per heavy atom. The molecule has 0 saturated heterocycles. The number of aryl methyl sites for hydroxylation is 2. The van der Waals surface area contributed by atoms with E-state index in [-0.39, 0.29) is 0 Å². The van der Waals surface area contributed by atoms with Crippen LogP contribution in [0.2, 0.25) is 0 Å². The SMILES string of the molecule is C[C@@H](OC(=O)c1c(F)cccc1F)C(=O)Nc1ccc2c(c1)CCC2. The minimum atomic E-state index is -1.22. The fourth-order valence-electron chi connectivity index (χ4n) is 2.86. The maximum atomic E-state index is 13.6. The second kappa shape index (κ2) is 7.01. The van der Waals surface area contributed by atoms with E-state index < -0.39 is 35.2 Å². The predicted molar refractivity (Wildman–Crippen MR) is 88.3 cm³/mol. The minimum absolute atomic E-state index is 0.567. The highest BCUT2D eigenvalue weighted by molar-refractivity contribution is 5.97. The molecule has 1 N–H and O–H groups in total. The van der Waals surface area contributed by atoms with Crippen LogP contribution in [0.1, 0.15) is 34.8 Å². The number of ether oxygens (including phenoxy) is 1. The number of amides is 1. The Morgan fingerprint density at radius 1 is 1.08 bits per heavy atom. The van der Waals surface area contributed by atoms with Gasteiger partial charge in [0.15, 0.2) is 6.10 Å². The summed E-state index contributed by atoms with van der Waals surface area (Å²) < 4.78 is 32.1. The molecule has 2 aromatic carbocycles. The maximum Gasteiger partial charge on any atom is 0.344 e. The third-order valence-electron chi connectivity index (χ3n) is 4.19. The number of anilines is 1. The van der Waals surface area contributed by atoms with Crippen LogP contribution in [0.3, 0.4) is 0 Å². The number of nitrogens with one attached hydrogen (secondary N) is 1. The highest BCUT2D eigenvalue weighted by atomic mass is 19.1. The lowest BCUT2D eigenvalue weighted by Gasteiger charge is -2.14. The van der Waals surface area contributed by atoms with Crippen molar-refractivity contribution in [3.05, 3.63) is 64.7 Å². The molecule has 0 unspecified atom stereocenters. The number of rotatable bonds is 4. The normalized spacial score (nSPS) is 13.9. The van der Waals surface area contributed by atoms with Crippen molar-refractivity contribution in [1.82, 2.24) is 0 Å². The van der Waals surface area contributed by atoms with Crippen LogP contribution in [-0.2, 0) is 22.4 Å². The zero-order valence-corrected chi connectivity index (χ0v) is 13.6. The lowest BCUT2D eigenvalue weighted by molar-refractivity contribution is -0.123. The number of esters is 1. The number of hydrogen-bond donors (Lipinski definition) is 1. The molecule has 25 heavy (non-hydrogen) atoms. The molecular formula is C19H17F2NO3. The maximum absolute atomic E-state index is 13.6. The van der Waals surface area contributed by atoms with Gasteiger partial charge >= 0.3 is 5.97 Å². The topological polar surface area (TPSA) is 55.4 Å². The summed E-state index contributed by atoms with van der Waals surface area (Å²) in [6.45, 7) is 1.35. The van der Waals surface area contributed by atoms with Gasteiger partial charge in [0.2, 0.25) is 0 Å². The minimum Gasteiger partial charge on any atom is -0.449 e. The Kier molecular flexibility index (Phi) is 4.79. The number of fused-ring (bicyclic) bond motifs is 1. The summed E-state index contributed by atoms with van der Waals surface area (Å²) in [7, 11) is 0. The second-order valence-electron chi connectivity index (χ2n) is 5.97. The van der Waals surface area contributed by atoms with Crippen LogP contribution in [0.25, 0.3) is 0 Å².